The Morgan fingerprint density at radius 2 is 1.69 bits per heavy atom. The highest BCUT2D eigenvalue weighted by molar-refractivity contribution is 7.89. The van der Waals surface area contributed by atoms with Crippen LogP contribution in [0.3, 0.4) is 0 Å². The van der Waals surface area contributed by atoms with Crippen molar-refractivity contribution in [2.45, 2.75) is 11.1 Å². The topological polar surface area (TPSA) is 117 Å². The van der Waals surface area contributed by atoms with E-state index in [1.54, 1.807) is 18.2 Å². The molecule has 0 saturated carbocycles. The summed E-state index contributed by atoms with van der Waals surface area (Å²) in [4.78, 5) is 26.3. The summed E-state index contributed by atoms with van der Waals surface area (Å²) in [5, 5.41) is 5.02. The summed E-state index contributed by atoms with van der Waals surface area (Å²) in [7, 11) is -3.74. The van der Waals surface area contributed by atoms with Crippen LogP contribution < -0.4 is 10.6 Å². The molecule has 1 aromatic rings. The van der Waals surface area contributed by atoms with Gasteiger partial charge in [-0.25, -0.2) is 8.42 Å². The van der Waals surface area contributed by atoms with Gasteiger partial charge in [-0.15, -0.1) is 0 Å². The normalized spacial score (nSPS) is 21.0. The highest BCUT2D eigenvalue weighted by Gasteiger charge is 2.36. The Morgan fingerprint density at radius 3 is 2.41 bits per heavy atom. The molecule has 29 heavy (non-hydrogen) atoms. The first-order valence-electron chi connectivity index (χ1n) is 9.53. The van der Waals surface area contributed by atoms with Crippen molar-refractivity contribution in [3.05, 3.63) is 30.3 Å². The minimum atomic E-state index is -3.74. The summed E-state index contributed by atoms with van der Waals surface area (Å²) in [5.41, 5.74) is 0. The first kappa shape index (κ1) is 21.7. The van der Waals surface area contributed by atoms with E-state index in [-0.39, 0.29) is 24.6 Å². The molecule has 0 radical (unpaired) electrons. The standard InChI is InChI=1S/C18H26N4O6S/c23-17(19-6-7-21-8-11-27-12-9-21)18(24)20-14-16-22(10-13-28-16)29(25,26)15-4-2-1-3-5-15/h1-5,16H,6-14H2,(H,19,23)(H,20,24)/t16-/m0/s1. The Kier molecular flexibility index (Phi) is 7.56. The molecule has 2 heterocycles. The number of hydrogen-bond acceptors (Lipinski definition) is 7. The molecule has 0 aliphatic carbocycles. The van der Waals surface area contributed by atoms with Crippen molar-refractivity contribution in [2.24, 2.45) is 0 Å². The van der Waals surface area contributed by atoms with Crippen LogP contribution >= 0.6 is 0 Å². The van der Waals surface area contributed by atoms with Gasteiger partial charge in [-0.05, 0) is 12.1 Å². The van der Waals surface area contributed by atoms with Gasteiger partial charge in [0.15, 0.2) is 0 Å². The molecule has 0 spiro atoms. The largest absolute Gasteiger partial charge is 0.379 e. The molecule has 0 aromatic heterocycles. The Bertz CT molecular complexity index is 798. The van der Waals surface area contributed by atoms with E-state index in [9.17, 15) is 18.0 Å². The number of carbonyl (C=O) groups excluding carboxylic acids is 2. The van der Waals surface area contributed by atoms with Crippen LogP contribution in [0.5, 0.6) is 0 Å². The first-order valence-corrected chi connectivity index (χ1v) is 11.0. The minimum absolute atomic E-state index is 0.109. The van der Waals surface area contributed by atoms with E-state index >= 15 is 0 Å². The van der Waals surface area contributed by atoms with Crippen LogP contribution in [0.25, 0.3) is 0 Å². The van der Waals surface area contributed by atoms with Crippen molar-refractivity contribution in [3.8, 4) is 0 Å². The molecular weight excluding hydrogens is 400 g/mol. The fourth-order valence-corrected chi connectivity index (χ4v) is 4.69. The lowest BCUT2D eigenvalue weighted by atomic mass is 10.4. The molecule has 2 aliphatic heterocycles. The number of rotatable bonds is 7. The molecule has 2 N–H and O–H groups in total. The Labute approximate surface area is 170 Å². The van der Waals surface area contributed by atoms with E-state index in [2.05, 4.69) is 15.5 Å². The van der Waals surface area contributed by atoms with E-state index in [1.165, 1.54) is 16.4 Å². The quantitative estimate of drug-likeness (QED) is 0.515. The maximum atomic E-state index is 12.8. The second-order valence-electron chi connectivity index (χ2n) is 6.67. The van der Waals surface area contributed by atoms with Gasteiger partial charge < -0.3 is 20.1 Å². The molecule has 3 rings (SSSR count). The summed E-state index contributed by atoms with van der Waals surface area (Å²) in [6.07, 6.45) is -0.856. The number of benzene rings is 1. The van der Waals surface area contributed by atoms with Crippen molar-refractivity contribution in [1.29, 1.82) is 0 Å². The zero-order valence-electron chi connectivity index (χ0n) is 16.1. The van der Waals surface area contributed by atoms with E-state index in [1.807, 2.05) is 0 Å². The summed E-state index contributed by atoms with van der Waals surface area (Å²) >= 11 is 0. The molecule has 160 valence electrons. The monoisotopic (exact) mass is 426 g/mol. The molecule has 2 fully saturated rings. The molecule has 1 atom stereocenters. The SMILES string of the molecule is O=C(NCCN1CCOCC1)C(=O)NC[C@@H]1OCCN1S(=O)(=O)c1ccccc1. The zero-order chi connectivity index (χ0) is 20.7. The van der Waals surface area contributed by atoms with Crippen molar-refractivity contribution >= 4 is 21.8 Å². The van der Waals surface area contributed by atoms with Gasteiger partial charge in [0.1, 0.15) is 6.23 Å². The van der Waals surface area contributed by atoms with Crippen molar-refractivity contribution in [1.82, 2.24) is 19.8 Å². The lowest BCUT2D eigenvalue weighted by Gasteiger charge is -2.26. The maximum Gasteiger partial charge on any atom is 0.309 e. The average molecular weight is 426 g/mol. The third-order valence-corrected chi connectivity index (χ3v) is 6.66. The van der Waals surface area contributed by atoms with Crippen LogP contribution in [0, 0.1) is 0 Å². The second kappa shape index (κ2) is 10.1. The number of nitrogens with zero attached hydrogens (tertiary/aromatic N) is 2. The van der Waals surface area contributed by atoms with Gasteiger partial charge in [-0.3, -0.25) is 14.5 Å². The fourth-order valence-electron chi connectivity index (χ4n) is 3.16. The zero-order valence-corrected chi connectivity index (χ0v) is 16.9. The van der Waals surface area contributed by atoms with Crippen LogP contribution in [-0.2, 0) is 29.1 Å². The summed E-state index contributed by atoms with van der Waals surface area (Å²) in [6.45, 7) is 4.21. The Balaban J connectivity index is 1.45. The molecule has 1 aromatic carbocycles. The third-order valence-electron chi connectivity index (χ3n) is 4.75. The molecular formula is C18H26N4O6S. The average Bonchev–Trinajstić information content (AvgIpc) is 3.23. The molecule has 2 saturated heterocycles. The van der Waals surface area contributed by atoms with E-state index in [4.69, 9.17) is 9.47 Å². The van der Waals surface area contributed by atoms with E-state index < -0.39 is 28.1 Å². The van der Waals surface area contributed by atoms with Crippen molar-refractivity contribution < 1.29 is 27.5 Å². The number of amides is 2. The summed E-state index contributed by atoms with van der Waals surface area (Å²) < 4.78 is 37.4. The number of nitrogens with one attached hydrogen (secondary N) is 2. The number of ether oxygens (including phenoxy) is 2. The molecule has 0 unspecified atom stereocenters. The number of morpholine rings is 1. The van der Waals surface area contributed by atoms with E-state index in [0.717, 1.165) is 13.1 Å². The van der Waals surface area contributed by atoms with Crippen LogP contribution in [0.15, 0.2) is 35.2 Å². The lowest BCUT2D eigenvalue weighted by Crippen LogP contribution is -2.48. The van der Waals surface area contributed by atoms with Gasteiger partial charge in [0.25, 0.3) is 0 Å². The molecule has 11 heteroatoms. The van der Waals surface area contributed by atoms with Gasteiger partial charge in [-0.2, -0.15) is 4.31 Å². The highest BCUT2D eigenvalue weighted by atomic mass is 32.2. The second-order valence-corrected chi connectivity index (χ2v) is 8.56. The van der Waals surface area contributed by atoms with Gasteiger partial charge in [0.2, 0.25) is 10.0 Å². The fraction of sp³-hybridized carbons (Fsp3) is 0.556. The van der Waals surface area contributed by atoms with Crippen LogP contribution in [0.4, 0.5) is 0 Å². The molecule has 0 bridgehead atoms. The minimum Gasteiger partial charge on any atom is -0.379 e. The maximum absolute atomic E-state index is 12.8. The van der Waals surface area contributed by atoms with Crippen molar-refractivity contribution in [3.63, 3.8) is 0 Å². The predicted octanol–water partition coefficient (Wildman–Crippen LogP) is -1.40. The summed E-state index contributed by atoms with van der Waals surface area (Å²) in [5.74, 6) is -1.58. The molecule has 10 nitrogen and oxygen atoms in total. The predicted molar refractivity (Wildman–Crippen MR) is 103 cm³/mol. The first-order chi connectivity index (χ1) is 14.0. The summed E-state index contributed by atoms with van der Waals surface area (Å²) in [6, 6.07) is 8.02. The van der Waals surface area contributed by atoms with Crippen molar-refractivity contribution in [2.75, 3.05) is 59.1 Å². The van der Waals surface area contributed by atoms with Gasteiger partial charge in [-0.1, -0.05) is 18.2 Å². The Morgan fingerprint density at radius 1 is 1.00 bits per heavy atom. The van der Waals surface area contributed by atoms with Gasteiger partial charge in [0.05, 0.1) is 31.3 Å². The third kappa shape index (κ3) is 5.73. The number of sulfonamides is 1. The smallest absolute Gasteiger partial charge is 0.309 e. The lowest BCUT2D eigenvalue weighted by molar-refractivity contribution is -0.139. The van der Waals surface area contributed by atoms with Crippen LogP contribution in [-0.4, -0.2) is 94.8 Å². The van der Waals surface area contributed by atoms with E-state index in [0.29, 0.717) is 26.3 Å². The molecule has 2 amide bonds. The number of carbonyl (C=O) groups is 2. The van der Waals surface area contributed by atoms with Crippen LogP contribution in [0.1, 0.15) is 0 Å². The molecule has 2 aliphatic rings. The number of hydrogen-bond donors (Lipinski definition) is 2. The van der Waals surface area contributed by atoms with Gasteiger partial charge in [0, 0.05) is 32.7 Å². The van der Waals surface area contributed by atoms with Gasteiger partial charge >= 0.3 is 11.8 Å². The highest BCUT2D eigenvalue weighted by Crippen LogP contribution is 2.21. The Hall–Kier alpha value is -2.05. The van der Waals surface area contributed by atoms with Crippen LogP contribution in [0.2, 0.25) is 0 Å².